The van der Waals surface area contributed by atoms with Crippen LogP contribution in [0.25, 0.3) is 0 Å². The normalized spacial score (nSPS) is 14.5. The van der Waals surface area contributed by atoms with E-state index in [2.05, 4.69) is 74.4 Å². The Kier molecular flexibility index (Phi) is 32.2. The van der Waals surface area contributed by atoms with E-state index in [0.29, 0.717) is 5.56 Å². The van der Waals surface area contributed by atoms with Crippen molar-refractivity contribution in [3.05, 3.63) is 29.8 Å². The predicted molar refractivity (Wildman–Crippen MR) is 312 cm³/mol. The van der Waals surface area contributed by atoms with Crippen LogP contribution in [0.15, 0.2) is 24.3 Å². The van der Waals surface area contributed by atoms with Crippen LogP contribution in [0, 0.1) is 0 Å². The Hall–Kier alpha value is -10.5. The Morgan fingerprint density at radius 1 is 0.418 bits per heavy atom. The van der Waals surface area contributed by atoms with E-state index < -0.39 is 224 Å². The van der Waals surface area contributed by atoms with Gasteiger partial charge in [0.25, 0.3) is 0 Å². The Balaban J connectivity index is 2.99. The van der Waals surface area contributed by atoms with Crippen LogP contribution in [0.3, 0.4) is 0 Å². The highest BCUT2D eigenvalue weighted by Gasteiger charge is 2.37. The van der Waals surface area contributed by atoms with E-state index in [1.54, 1.807) is 0 Å². The standard InChI is InChI=1S/C54H81N15O22/c1-23(42(80)56-21-37(55)72)58-43(81)24(2)59-44(82)25(3)60-46(84)27(5)63-50(88)33(15-17-39(74)75)68-53(91)54(9,10)69-52(90)34(16-18-40(76)77)67-48(86)29(7)62-45(83)26(4)61-47(85)28(6)64-51(89)36(20-41(78)79)66-38(73)22-57-49(87)35(65-30(8)70)19-31-11-13-32(71)14-12-31/h11-14,23-29,33-36,71H,15-22H2,1-10H3,(H2,55,72)(H,56,80)(H,57,87)(H,58,81)(H,59,82)(H,60,84)(H,61,85)(H,62,83)(H,63,88)(H,64,89)(H,65,70)(H,66,73)(H,67,86)(H,68,91)(H,69,90)(H,74,75)(H,76,77)(H,78,79)/t23-,24-,25-,26-,27-,28-,29-,33-,34-,35-,36-/m0/s1. The minimum Gasteiger partial charge on any atom is -0.508 e. The van der Waals surface area contributed by atoms with Crippen LogP contribution in [0.2, 0.25) is 0 Å². The lowest BCUT2D eigenvalue weighted by molar-refractivity contribution is -0.141. The predicted octanol–water partition coefficient (Wildman–Crippen LogP) is -7.76. The number of phenols is 1. The van der Waals surface area contributed by atoms with Crippen molar-refractivity contribution in [1.29, 1.82) is 0 Å². The second-order valence-corrected chi connectivity index (χ2v) is 21.4. The first kappa shape index (κ1) is 78.5. The van der Waals surface area contributed by atoms with Gasteiger partial charge in [0.05, 0.1) is 19.5 Å². The van der Waals surface area contributed by atoms with E-state index in [-0.39, 0.29) is 12.2 Å². The molecule has 0 heterocycles. The maximum absolute atomic E-state index is 13.7. The molecule has 504 valence electrons. The van der Waals surface area contributed by atoms with E-state index in [1.165, 1.54) is 52.0 Å². The van der Waals surface area contributed by atoms with Crippen LogP contribution < -0.4 is 80.2 Å². The molecule has 91 heavy (non-hydrogen) atoms. The summed E-state index contributed by atoms with van der Waals surface area (Å²) >= 11 is 0. The molecule has 0 spiro atoms. The first-order chi connectivity index (χ1) is 42.1. The van der Waals surface area contributed by atoms with Crippen molar-refractivity contribution >= 4 is 107 Å². The van der Waals surface area contributed by atoms with Crippen molar-refractivity contribution in [2.75, 3.05) is 13.1 Å². The lowest BCUT2D eigenvalue weighted by Gasteiger charge is -2.30. The fourth-order valence-corrected chi connectivity index (χ4v) is 7.51. The van der Waals surface area contributed by atoms with E-state index in [9.17, 15) is 107 Å². The Bertz CT molecular complexity index is 2910. The molecule has 1 rings (SSSR count). The van der Waals surface area contributed by atoms with Gasteiger partial charge in [0.2, 0.25) is 88.6 Å². The monoisotopic (exact) mass is 1290 g/mol. The molecule has 1 aromatic carbocycles. The number of primary amides is 1. The molecule has 0 fully saturated rings. The molecule has 0 saturated heterocycles. The lowest BCUT2D eigenvalue weighted by atomic mass is 10.0. The summed E-state index contributed by atoms with van der Waals surface area (Å²) in [6.45, 7) is 10.5. The molecule has 37 heteroatoms. The van der Waals surface area contributed by atoms with Gasteiger partial charge in [0, 0.05) is 26.2 Å². The van der Waals surface area contributed by atoms with Crippen LogP contribution in [0.1, 0.15) is 107 Å². The zero-order chi connectivity index (χ0) is 69.8. The van der Waals surface area contributed by atoms with Gasteiger partial charge < -0.3 is 101 Å². The molecule has 0 radical (unpaired) electrons. The van der Waals surface area contributed by atoms with Gasteiger partial charge in [-0.15, -0.1) is 0 Å². The third kappa shape index (κ3) is 29.8. The molecule has 0 unspecified atom stereocenters. The van der Waals surface area contributed by atoms with Crippen LogP contribution in [-0.4, -0.2) is 212 Å². The molecule has 1 aromatic rings. The largest absolute Gasteiger partial charge is 0.508 e. The number of aromatic hydroxyl groups is 1. The Morgan fingerprint density at radius 3 is 1.16 bits per heavy atom. The van der Waals surface area contributed by atoms with Crippen LogP contribution in [0.5, 0.6) is 5.75 Å². The highest BCUT2D eigenvalue weighted by Crippen LogP contribution is 2.13. The van der Waals surface area contributed by atoms with Gasteiger partial charge in [-0.3, -0.25) is 86.3 Å². The highest BCUT2D eigenvalue weighted by molar-refractivity contribution is 6.01. The minimum atomic E-state index is -2.04. The molecule has 0 aromatic heterocycles. The number of carbonyl (C=O) groups excluding carboxylic acids is 15. The quantitative estimate of drug-likeness (QED) is 0.0292. The summed E-state index contributed by atoms with van der Waals surface area (Å²) in [7, 11) is 0. The second-order valence-electron chi connectivity index (χ2n) is 21.4. The molecule has 20 N–H and O–H groups in total. The maximum atomic E-state index is 13.7. The lowest BCUT2D eigenvalue weighted by Crippen LogP contribution is -2.63. The number of carboxylic acids is 3. The SMILES string of the molecule is CC(=O)N[C@@H](Cc1ccc(O)cc1)C(=O)NCC(=O)N[C@@H](CC(=O)O)C(=O)N[C@@H](C)C(=O)N[C@@H](C)C(=O)N[C@@H](C)C(=O)N[C@@H](CCC(=O)O)C(=O)NC(C)(C)C(=O)N[C@@H](CCC(=O)O)C(=O)N[C@@H](C)C(=O)N[C@@H](C)C(=O)N[C@@H](C)C(=O)N[C@@H](C)C(=O)NCC(N)=O. The fraction of sp³-hybridized carbons (Fsp3) is 0.556. The summed E-state index contributed by atoms with van der Waals surface area (Å²) in [6.07, 6.45) is -3.68. The molecule has 0 bridgehead atoms. The van der Waals surface area contributed by atoms with Gasteiger partial charge in [-0.2, -0.15) is 0 Å². The van der Waals surface area contributed by atoms with Gasteiger partial charge in [0.15, 0.2) is 0 Å². The summed E-state index contributed by atoms with van der Waals surface area (Å²) in [5.74, 6) is -18.9. The summed E-state index contributed by atoms with van der Waals surface area (Å²) in [5.41, 5.74) is 3.48. The van der Waals surface area contributed by atoms with Crippen molar-refractivity contribution in [3.8, 4) is 5.75 Å². The molecule has 0 aliphatic rings. The smallest absolute Gasteiger partial charge is 0.305 e. The van der Waals surface area contributed by atoms with E-state index in [4.69, 9.17) is 5.73 Å². The molecular formula is C54H81N15O22. The summed E-state index contributed by atoms with van der Waals surface area (Å²) in [4.78, 5) is 228. The number of phenolic OH excluding ortho intramolecular Hbond substituents is 1. The molecule has 15 amide bonds. The summed E-state index contributed by atoms with van der Waals surface area (Å²) < 4.78 is 0. The Labute approximate surface area is 520 Å². The van der Waals surface area contributed by atoms with Gasteiger partial charge >= 0.3 is 17.9 Å². The number of aliphatic carboxylic acids is 3. The highest BCUT2D eigenvalue weighted by atomic mass is 16.4. The van der Waals surface area contributed by atoms with Crippen molar-refractivity contribution in [2.45, 2.75) is 180 Å². The van der Waals surface area contributed by atoms with Gasteiger partial charge in [-0.25, -0.2) is 0 Å². The summed E-state index contributed by atoms with van der Waals surface area (Å²) in [5, 5.41) is 69.7. The molecule has 0 aliphatic heterocycles. The molecule has 11 atom stereocenters. The first-order valence-corrected chi connectivity index (χ1v) is 28.0. The van der Waals surface area contributed by atoms with Gasteiger partial charge in [0.1, 0.15) is 77.7 Å². The minimum absolute atomic E-state index is 0.0540. The van der Waals surface area contributed by atoms with Crippen molar-refractivity contribution in [3.63, 3.8) is 0 Å². The number of nitrogens with two attached hydrogens (primary N) is 1. The van der Waals surface area contributed by atoms with Crippen LogP contribution in [-0.2, 0) is 92.7 Å². The van der Waals surface area contributed by atoms with E-state index >= 15 is 0 Å². The maximum Gasteiger partial charge on any atom is 0.305 e. The number of carbonyl (C=O) groups is 18. The number of nitrogens with one attached hydrogen (secondary N) is 14. The van der Waals surface area contributed by atoms with Crippen molar-refractivity contribution in [1.82, 2.24) is 74.4 Å². The first-order valence-electron chi connectivity index (χ1n) is 28.0. The molecule has 37 nitrogen and oxygen atoms in total. The Morgan fingerprint density at radius 2 is 0.780 bits per heavy atom. The third-order valence-electron chi connectivity index (χ3n) is 12.8. The topological polar surface area (TPSA) is 583 Å². The number of hydrogen-bond donors (Lipinski definition) is 19. The second kappa shape index (κ2) is 37.4. The number of rotatable bonds is 38. The summed E-state index contributed by atoms with van der Waals surface area (Å²) in [6, 6.07) is -10.5. The molecule has 0 saturated carbocycles. The van der Waals surface area contributed by atoms with E-state index in [0.717, 1.165) is 41.5 Å². The number of carboxylic acid groups (broad SMARTS) is 3. The van der Waals surface area contributed by atoms with Gasteiger partial charge in [-0.1, -0.05) is 12.1 Å². The number of hydrogen-bond acceptors (Lipinski definition) is 19. The van der Waals surface area contributed by atoms with E-state index in [1.807, 2.05) is 0 Å². The van der Waals surface area contributed by atoms with Crippen LogP contribution >= 0.6 is 0 Å². The van der Waals surface area contributed by atoms with Crippen molar-refractivity contribution in [2.24, 2.45) is 5.73 Å². The average Bonchev–Trinajstić information content (AvgIpc) is 1.82. The number of benzene rings is 1. The average molecular weight is 1290 g/mol. The zero-order valence-corrected chi connectivity index (χ0v) is 51.5. The van der Waals surface area contributed by atoms with Gasteiger partial charge in [-0.05, 0) is 92.9 Å². The van der Waals surface area contributed by atoms with Crippen LogP contribution in [0.4, 0.5) is 0 Å². The third-order valence-corrected chi connectivity index (χ3v) is 12.8. The molecule has 0 aliphatic carbocycles. The number of amides is 15. The molecular weight excluding hydrogens is 1210 g/mol. The fourth-order valence-electron chi connectivity index (χ4n) is 7.51. The van der Waals surface area contributed by atoms with Crippen molar-refractivity contribution < 1.29 is 107 Å². The zero-order valence-electron chi connectivity index (χ0n) is 51.5.